The summed E-state index contributed by atoms with van der Waals surface area (Å²) in [4.78, 5) is 24.5. The van der Waals surface area contributed by atoms with Gasteiger partial charge in [0.15, 0.2) is 0 Å². The van der Waals surface area contributed by atoms with Gasteiger partial charge in [-0.25, -0.2) is 0 Å². The molecule has 1 amide bonds. The van der Waals surface area contributed by atoms with Gasteiger partial charge >= 0.3 is 0 Å². The van der Waals surface area contributed by atoms with Crippen LogP contribution in [0.2, 0.25) is 0 Å². The summed E-state index contributed by atoms with van der Waals surface area (Å²) in [7, 11) is 0. The Labute approximate surface area is 196 Å². The van der Waals surface area contributed by atoms with Crippen molar-refractivity contribution in [3.8, 4) is 0 Å². The van der Waals surface area contributed by atoms with Crippen LogP contribution in [0.3, 0.4) is 0 Å². The molecule has 6 heteroatoms. The Morgan fingerprint density at radius 3 is 2.00 bits per heavy atom. The lowest BCUT2D eigenvalue weighted by Gasteiger charge is -2.23. The quantitative estimate of drug-likeness (QED) is 0.129. The standard InChI is InChI=1S/C28H21N3O3/c32-19-30(18-26-24-9-3-1-7-20(24)17-21-8-2-4-10-25(21)26)28-12-6-5-11-27(28)29-22-13-15-23(16-14-22)31(33)34/h1-17,19,29H,18H2. The number of para-hydroxylation sites is 2. The third kappa shape index (κ3) is 4.04. The van der Waals surface area contributed by atoms with Crippen molar-refractivity contribution in [3.05, 3.63) is 119 Å². The molecule has 0 atom stereocenters. The van der Waals surface area contributed by atoms with Crippen LogP contribution in [0, 0.1) is 10.1 Å². The van der Waals surface area contributed by atoms with Crippen molar-refractivity contribution in [2.45, 2.75) is 6.54 Å². The number of amides is 1. The van der Waals surface area contributed by atoms with E-state index in [2.05, 4.69) is 35.6 Å². The molecule has 5 aromatic rings. The van der Waals surface area contributed by atoms with E-state index in [0.717, 1.165) is 39.2 Å². The number of anilines is 3. The van der Waals surface area contributed by atoms with Gasteiger partial charge in [-0.1, -0.05) is 60.7 Å². The summed E-state index contributed by atoms with van der Waals surface area (Å²) in [5, 5.41) is 18.7. The molecule has 0 spiro atoms. The SMILES string of the molecule is O=CN(Cc1c2ccccc2cc2ccccc12)c1ccccc1Nc1ccc([N+](=O)[O-])cc1. The number of benzene rings is 5. The number of nitro groups is 1. The lowest BCUT2D eigenvalue weighted by molar-refractivity contribution is -0.384. The summed E-state index contributed by atoms with van der Waals surface area (Å²) in [6.07, 6.45) is 0.840. The van der Waals surface area contributed by atoms with Crippen molar-refractivity contribution in [3.63, 3.8) is 0 Å². The molecule has 0 saturated carbocycles. The lowest BCUT2D eigenvalue weighted by atomic mass is 9.96. The maximum absolute atomic E-state index is 12.3. The molecule has 0 saturated heterocycles. The summed E-state index contributed by atoms with van der Waals surface area (Å²) in [5.41, 5.74) is 3.24. The average Bonchev–Trinajstić information content (AvgIpc) is 2.87. The lowest BCUT2D eigenvalue weighted by Crippen LogP contribution is -2.21. The van der Waals surface area contributed by atoms with E-state index in [4.69, 9.17) is 0 Å². The van der Waals surface area contributed by atoms with Gasteiger partial charge in [0, 0.05) is 17.8 Å². The van der Waals surface area contributed by atoms with E-state index in [-0.39, 0.29) is 5.69 Å². The smallest absolute Gasteiger partial charge is 0.269 e. The molecule has 1 N–H and O–H groups in total. The van der Waals surface area contributed by atoms with Gasteiger partial charge in [-0.3, -0.25) is 14.9 Å². The number of hydrogen-bond donors (Lipinski definition) is 1. The number of fused-ring (bicyclic) bond motifs is 2. The van der Waals surface area contributed by atoms with E-state index in [9.17, 15) is 14.9 Å². The highest BCUT2D eigenvalue weighted by atomic mass is 16.6. The molecule has 0 bridgehead atoms. The predicted octanol–water partition coefficient (Wildman–Crippen LogP) is 6.81. The number of nitrogens with one attached hydrogen (secondary N) is 1. The van der Waals surface area contributed by atoms with Gasteiger partial charge in [0.05, 0.1) is 22.8 Å². The average molecular weight is 447 g/mol. The number of hydrogen-bond acceptors (Lipinski definition) is 4. The molecule has 0 aromatic heterocycles. The minimum absolute atomic E-state index is 0.0242. The normalized spacial score (nSPS) is 10.8. The molecular weight excluding hydrogens is 426 g/mol. The molecule has 34 heavy (non-hydrogen) atoms. The number of nitrogens with zero attached hydrogens (tertiary/aromatic N) is 2. The van der Waals surface area contributed by atoms with E-state index >= 15 is 0 Å². The van der Waals surface area contributed by atoms with Crippen LogP contribution in [0.15, 0.2) is 103 Å². The van der Waals surface area contributed by atoms with Crippen LogP contribution in [-0.2, 0) is 11.3 Å². The van der Waals surface area contributed by atoms with Gasteiger partial charge in [0.2, 0.25) is 6.41 Å². The van der Waals surface area contributed by atoms with Crippen LogP contribution < -0.4 is 10.2 Å². The van der Waals surface area contributed by atoms with Gasteiger partial charge in [-0.05, 0) is 57.4 Å². The first kappa shape index (κ1) is 21.2. The topological polar surface area (TPSA) is 75.5 Å². The largest absolute Gasteiger partial charge is 0.354 e. The van der Waals surface area contributed by atoms with Crippen molar-refractivity contribution in [2.24, 2.45) is 0 Å². The molecule has 5 rings (SSSR count). The van der Waals surface area contributed by atoms with Crippen LogP contribution in [0.5, 0.6) is 0 Å². The highest BCUT2D eigenvalue weighted by Gasteiger charge is 2.15. The van der Waals surface area contributed by atoms with Gasteiger partial charge < -0.3 is 10.2 Å². The molecule has 0 aliphatic rings. The zero-order valence-corrected chi connectivity index (χ0v) is 18.2. The van der Waals surface area contributed by atoms with Crippen LogP contribution in [-0.4, -0.2) is 11.3 Å². The second-order valence-electron chi connectivity index (χ2n) is 7.98. The minimum atomic E-state index is -0.430. The highest BCUT2D eigenvalue weighted by molar-refractivity contribution is 6.03. The molecule has 6 nitrogen and oxygen atoms in total. The van der Waals surface area contributed by atoms with Gasteiger partial charge in [-0.15, -0.1) is 0 Å². The van der Waals surface area contributed by atoms with Crippen molar-refractivity contribution >= 4 is 50.7 Å². The van der Waals surface area contributed by atoms with Crippen molar-refractivity contribution in [1.82, 2.24) is 0 Å². The van der Waals surface area contributed by atoms with Crippen LogP contribution in [0.25, 0.3) is 21.5 Å². The molecule has 166 valence electrons. The van der Waals surface area contributed by atoms with E-state index < -0.39 is 4.92 Å². The fourth-order valence-electron chi connectivity index (χ4n) is 4.28. The summed E-state index contributed by atoms with van der Waals surface area (Å²) in [5.74, 6) is 0. The Morgan fingerprint density at radius 1 is 0.794 bits per heavy atom. The molecule has 5 aromatic carbocycles. The summed E-state index contributed by atoms with van der Waals surface area (Å²) >= 11 is 0. The molecule has 0 aliphatic carbocycles. The Balaban J connectivity index is 1.54. The Hall–Kier alpha value is -4.71. The first-order valence-electron chi connectivity index (χ1n) is 10.9. The van der Waals surface area contributed by atoms with Gasteiger partial charge in [0.25, 0.3) is 5.69 Å². The Bertz CT molecular complexity index is 1460. The van der Waals surface area contributed by atoms with E-state index in [1.165, 1.54) is 12.1 Å². The van der Waals surface area contributed by atoms with Crippen molar-refractivity contribution < 1.29 is 9.72 Å². The molecule has 0 unspecified atom stereocenters. The first-order chi connectivity index (χ1) is 16.6. The maximum Gasteiger partial charge on any atom is 0.269 e. The number of nitro benzene ring substituents is 1. The summed E-state index contributed by atoms with van der Waals surface area (Å²) < 4.78 is 0. The van der Waals surface area contributed by atoms with Crippen molar-refractivity contribution in [2.75, 3.05) is 10.2 Å². The van der Waals surface area contributed by atoms with Crippen LogP contribution in [0.1, 0.15) is 5.56 Å². The number of non-ortho nitro benzene ring substituents is 1. The highest BCUT2D eigenvalue weighted by Crippen LogP contribution is 2.33. The van der Waals surface area contributed by atoms with E-state index in [1.54, 1.807) is 17.0 Å². The molecule has 0 heterocycles. The molecule has 0 aliphatic heterocycles. The Morgan fingerprint density at radius 2 is 1.38 bits per heavy atom. The van der Waals surface area contributed by atoms with E-state index in [0.29, 0.717) is 17.9 Å². The third-order valence-corrected chi connectivity index (χ3v) is 5.91. The number of carbonyl (C=O) groups excluding carboxylic acids is 1. The maximum atomic E-state index is 12.3. The zero-order valence-electron chi connectivity index (χ0n) is 18.2. The Kier molecular flexibility index (Phi) is 5.62. The van der Waals surface area contributed by atoms with Gasteiger partial charge in [0.1, 0.15) is 0 Å². The van der Waals surface area contributed by atoms with Crippen LogP contribution >= 0.6 is 0 Å². The molecular formula is C28H21N3O3. The number of carbonyl (C=O) groups is 1. The van der Waals surface area contributed by atoms with Gasteiger partial charge in [-0.2, -0.15) is 0 Å². The monoisotopic (exact) mass is 447 g/mol. The minimum Gasteiger partial charge on any atom is -0.354 e. The molecule has 0 radical (unpaired) electrons. The summed E-state index contributed by atoms with van der Waals surface area (Å²) in [6, 6.07) is 32.3. The van der Waals surface area contributed by atoms with Crippen LogP contribution in [0.4, 0.5) is 22.7 Å². The zero-order chi connectivity index (χ0) is 23.5. The fraction of sp³-hybridized carbons (Fsp3) is 0.0357. The second-order valence-corrected chi connectivity index (χ2v) is 7.98. The van der Waals surface area contributed by atoms with E-state index in [1.807, 2.05) is 48.5 Å². The van der Waals surface area contributed by atoms with Crippen molar-refractivity contribution in [1.29, 1.82) is 0 Å². The third-order valence-electron chi connectivity index (χ3n) is 5.91. The predicted molar refractivity (Wildman–Crippen MR) is 137 cm³/mol. The number of rotatable bonds is 7. The first-order valence-corrected chi connectivity index (χ1v) is 10.9. The molecule has 0 fully saturated rings. The second kappa shape index (κ2) is 9.03. The fourth-order valence-corrected chi connectivity index (χ4v) is 4.28. The summed E-state index contributed by atoms with van der Waals surface area (Å²) in [6.45, 7) is 0.393.